The fourth-order valence-corrected chi connectivity index (χ4v) is 2.03. The molecule has 1 rings (SSSR count). The Morgan fingerprint density at radius 2 is 2.25 bits per heavy atom. The fourth-order valence-electron chi connectivity index (χ4n) is 1.51. The number of aliphatic hydroxyl groups excluding tert-OH is 1. The van der Waals surface area contributed by atoms with Crippen molar-refractivity contribution in [2.75, 3.05) is 32.1 Å². The van der Waals surface area contributed by atoms with Crippen LogP contribution in [0.2, 0.25) is 0 Å². The third-order valence-electron chi connectivity index (χ3n) is 2.40. The highest BCUT2D eigenvalue weighted by Gasteiger charge is 2.11. The van der Waals surface area contributed by atoms with Crippen LogP contribution >= 0.6 is 11.5 Å². The molecule has 0 spiro atoms. The monoisotopic (exact) mass is 244 g/mol. The predicted molar refractivity (Wildman–Crippen MR) is 66.7 cm³/mol. The van der Waals surface area contributed by atoms with Crippen molar-refractivity contribution in [2.45, 2.75) is 26.3 Å². The van der Waals surface area contributed by atoms with E-state index in [1.54, 1.807) is 0 Å². The van der Waals surface area contributed by atoms with E-state index in [2.05, 4.69) is 26.7 Å². The van der Waals surface area contributed by atoms with Crippen LogP contribution in [0.1, 0.15) is 25.5 Å². The number of aliphatic hydroxyl groups is 1. The maximum absolute atomic E-state index is 9.00. The molecular weight excluding hydrogens is 224 g/mol. The number of aromatic nitrogens is 2. The van der Waals surface area contributed by atoms with Gasteiger partial charge in [-0.15, -0.1) is 5.10 Å². The number of hydrogen-bond donors (Lipinski definition) is 2. The Balaban J connectivity index is 2.52. The van der Waals surface area contributed by atoms with E-state index in [4.69, 9.17) is 5.11 Å². The summed E-state index contributed by atoms with van der Waals surface area (Å²) < 4.78 is 3.93. The SMILES string of the molecule is CCCCN(CCO)Cc1nnsc1NC. The maximum Gasteiger partial charge on any atom is 0.134 e. The van der Waals surface area contributed by atoms with Crippen molar-refractivity contribution >= 4 is 16.5 Å². The van der Waals surface area contributed by atoms with E-state index in [1.807, 2.05) is 7.05 Å². The number of unbranched alkanes of at least 4 members (excludes halogenated alkanes) is 1. The van der Waals surface area contributed by atoms with Gasteiger partial charge >= 0.3 is 0 Å². The van der Waals surface area contributed by atoms with Crippen molar-refractivity contribution < 1.29 is 5.11 Å². The van der Waals surface area contributed by atoms with E-state index >= 15 is 0 Å². The first-order chi connectivity index (χ1) is 7.81. The lowest BCUT2D eigenvalue weighted by atomic mass is 10.3. The summed E-state index contributed by atoms with van der Waals surface area (Å²) in [5, 5.41) is 17.2. The molecule has 0 radical (unpaired) electrons. The van der Waals surface area contributed by atoms with Crippen LogP contribution in [0.25, 0.3) is 0 Å². The summed E-state index contributed by atoms with van der Waals surface area (Å²) in [7, 11) is 1.88. The molecule has 0 amide bonds. The molecule has 0 aliphatic rings. The summed E-state index contributed by atoms with van der Waals surface area (Å²) in [5.41, 5.74) is 0.969. The lowest BCUT2D eigenvalue weighted by Crippen LogP contribution is -2.28. The van der Waals surface area contributed by atoms with Gasteiger partial charge in [-0.2, -0.15) is 0 Å². The number of nitrogens with one attached hydrogen (secondary N) is 1. The second-order valence-corrected chi connectivity index (χ2v) is 4.41. The molecule has 0 aliphatic heterocycles. The summed E-state index contributed by atoms with van der Waals surface area (Å²) in [6.07, 6.45) is 2.31. The van der Waals surface area contributed by atoms with Crippen molar-refractivity contribution in [2.24, 2.45) is 0 Å². The van der Waals surface area contributed by atoms with Crippen molar-refractivity contribution in [3.05, 3.63) is 5.69 Å². The molecule has 6 heteroatoms. The van der Waals surface area contributed by atoms with Gasteiger partial charge in [0.15, 0.2) is 0 Å². The van der Waals surface area contributed by atoms with Gasteiger partial charge < -0.3 is 10.4 Å². The van der Waals surface area contributed by atoms with Crippen LogP contribution in [0.3, 0.4) is 0 Å². The van der Waals surface area contributed by atoms with E-state index in [0.717, 1.165) is 36.6 Å². The van der Waals surface area contributed by atoms with Gasteiger partial charge in [-0.25, -0.2) is 0 Å². The van der Waals surface area contributed by atoms with Gasteiger partial charge in [-0.3, -0.25) is 4.90 Å². The molecule has 0 saturated carbocycles. The Kier molecular flexibility index (Phi) is 6.29. The van der Waals surface area contributed by atoms with E-state index in [1.165, 1.54) is 11.5 Å². The first kappa shape index (κ1) is 13.3. The van der Waals surface area contributed by atoms with E-state index in [-0.39, 0.29) is 6.61 Å². The summed E-state index contributed by atoms with van der Waals surface area (Å²) in [6, 6.07) is 0. The Bertz CT molecular complexity index is 292. The van der Waals surface area contributed by atoms with Gasteiger partial charge in [-0.05, 0) is 13.0 Å². The molecule has 2 N–H and O–H groups in total. The third kappa shape index (κ3) is 4.03. The van der Waals surface area contributed by atoms with Gasteiger partial charge in [0.2, 0.25) is 0 Å². The first-order valence-corrected chi connectivity index (χ1v) is 6.41. The van der Waals surface area contributed by atoms with Gasteiger partial charge in [0.25, 0.3) is 0 Å². The molecule has 0 saturated heterocycles. The summed E-state index contributed by atoms with van der Waals surface area (Å²) in [4.78, 5) is 2.21. The van der Waals surface area contributed by atoms with Crippen LogP contribution in [0, 0.1) is 0 Å². The van der Waals surface area contributed by atoms with E-state index in [9.17, 15) is 0 Å². The highest BCUT2D eigenvalue weighted by atomic mass is 32.1. The van der Waals surface area contributed by atoms with Gasteiger partial charge in [0.1, 0.15) is 10.7 Å². The smallest absolute Gasteiger partial charge is 0.134 e. The van der Waals surface area contributed by atoms with Gasteiger partial charge in [-0.1, -0.05) is 17.8 Å². The number of hydrogen-bond acceptors (Lipinski definition) is 6. The van der Waals surface area contributed by atoms with Crippen LogP contribution < -0.4 is 5.32 Å². The second kappa shape index (κ2) is 7.54. The minimum Gasteiger partial charge on any atom is -0.395 e. The zero-order chi connectivity index (χ0) is 11.8. The summed E-state index contributed by atoms with van der Waals surface area (Å²) in [5.74, 6) is 0. The number of nitrogens with zero attached hydrogens (tertiary/aromatic N) is 3. The highest BCUT2D eigenvalue weighted by molar-refractivity contribution is 7.10. The predicted octanol–water partition coefficient (Wildman–Crippen LogP) is 1.17. The van der Waals surface area contributed by atoms with Crippen molar-refractivity contribution in [1.29, 1.82) is 0 Å². The highest BCUT2D eigenvalue weighted by Crippen LogP contribution is 2.18. The first-order valence-electron chi connectivity index (χ1n) is 5.64. The fraction of sp³-hybridized carbons (Fsp3) is 0.800. The molecular formula is C10H20N4OS. The molecule has 92 valence electrons. The second-order valence-electron chi connectivity index (χ2n) is 3.65. The Labute approximate surface area is 101 Å². The average molecular weight is 244 g/mol. The standard InChI is InChI=1S/C10H20N4OS/c1-3-4-5-14(6-7-15)8-9-10(11-2)16-13-12-9/h11,15H,3-8H2,1-2H3. The molecule has 1 aromatic heterocycles. The minimum atomic E-state index is 0.191. The summed E-state index contributed by atoms with van der Waals surface area (Å²) in [6.45, 7) is 4.81. The quantitative estimate of drug-likeness (QED) is 0.719. The number of anilines is 1. The average Bonchev–Trinajstić information content (AvgIpc) is 2.73. The zero-order valence-corrected chi connectivity index (χ0v) is 10.8. The van der Waals surface area contributed by atoms with Crippen LogP contribution in [0.4, 0.5) is 5.00 Å². The Morgan fingerprint density at radius 1 is 1.44 bits per heavy atom. The van der Waals surface area contributed by atoms with Crippen molar-refractivity contribution in [3.63, 3.8) is 0 Å². The molecule has 1 aromatic rings. The number of rotatable bonds is 8. The molecule has 0 bridgehead atoms. The van der Waals surface area contributed by atoms with E-state index in [0.29, 0.717) is 6.54 Å². The Morgan fingerprint density at radius 3 is 2.88 bits per heavy atom. The minimum absolute atomic E-state index is 0.191. The van der Waals surface area contributed by atoms with Crippen LogP contribution in [-0.2, 0) is 6.54 Å². The molecule has 0 unspecified atom stereocenters. The van der Waals surface area contributed by atoms with Crippen molar-refractivity contribution in [3.8, 4) is 0 Å². The largest absolute Gasteiger partial charge is 0.395 e. The van der Waals surface area contributed by atoms with E-state index < -0.39 is 0 Å². The molecule has 16 heavy (non-hydrogen) atoms. The molecule has 0 fully saturated rings. The van der Waals surface area contributed by atoms with Crippen LogP contribution in [0.5, 0.6) is 0 Å². The molecule has 0 atom stereocenters. The Hall–Kier alpha value is -0.720. The lowest BCUT2D eigenvalue weighted by molar-refractivity contribution is 0.187. The maximum atomic E-state index is 9.00. The lowest BCUT2D eigenvalue weighted by Gasteiger charge is -2.19. The summed E-state index contributed by atoms with van der Waals surface area (Å²) >= 11 is 1.37. The molecule has 5 nitrogen and oxygen atoms in total. The zero-order valence-electron chi connectivity index (χ0n) is 9.94. The van der Waals surface area contributed by atoms with Crippen LogP contribution in [0.15, 0.2) is 0 Å². The van der Waals surface area contributed by atoms with Gasteiger partial charge in [0, 0.05) is 31.7 Å². The topological polar surface area (TPSA) is 61.3 Å². The van der Waals surface area contributed by atoms with Crippen molar-refractivity contribution in [1.82, 2.24) is 14.5 Å². The molecule has 1 heterocycles. The third-order valence-corrected chi connectivity index (χ3v) is 3.19. The molecule has 0 aliphatic carbocycles. The van der Waals surface area contributed by atoms with Gasteiger partial charge in [0.05, 0.1) is 6.61 Å². The van der Waals surface area contributed by atoms with Crippen LogP contribution in [-0.4, -0.2) is 46.3 Å². The normalized spacial score (nSPS) is 11.0. The molecule has 0 aromatic carbocycles.